The quantitative estimate of drug-likeness (QED) is 0.805. The molecule has 0 saturated carbocycles. The van der Waals surface area contributed by atoms with E-state index < -0.39 is 0 Å². The van der Waals surface area contributed by atoms with Crippen LogP contribution in [-0.4, -0.2) is 17.7 Å². The minimum Gasteiger partial charge on any atom is -0.350 e. The minimum absolute atomic E-state index is 0.816. The third kappa shape index (κ3) is 2.82. The van der Waals surface area contributed by atoms with Gasteiger partial charge in [0, 0.05) is 29.2 Å². The smallest absolute Gasteiger partial charge is 0.0481 e. The van der Waals surface area contributed by atoms with Gasteiger partial charge < -0.3 is 9.88 Å². The molecule has 0 aliphatic rings. The third-order valence-corrected chi connectivity index (χ3v) is 3.32. The highest BCUT2D eigenvalue weighted by atomic mass is 35.5. The summed E-state index contributed by atoms with van der Waals surface area (Å²) in [6.07, 6.45) is 4.48. The van der Waals surface area contributed by atoms with Gasteiger partial charge in [-0.3, -0.25) is 0 Å². The number of halogens is 1. The summed E-state index contributed by atoms with van der Waals surface area (Å²) in [6, 6.07) is 6.11. The van der Waals surface area contributed by atoms with Crippen molar-refractivity contribution < 1.29 is 0 Å². The first kappa shape index (κ1) is 12.5. The van der Waals surface area contributed by atoms with E-state index in [0.717, 1.165) is 24.5 Å². The van der Waals surface area contributed by atoms with Gasteiger partial charge >= 0.3 is 0 Å². The lowest BCUT2D eigenvalue weighted by Gasteiger charge is -2.01. The maximum atomic E-state index is 6.06. The molecule has 17 heavy (non-hydrogen) atoms. The van der Waals surface area contributed by atoms with E-state index in [0.29, 0.717) is 0 Å². The molecule has 2 rings (SSSR count). The number of benzene rings is 1. The van der Waals surface area contributed by atoms with Gasteiger partial charge in [0.25, 0.3) is 0 Å². The van der Waals surface area contributed by atoms with Gasteiger partial charge in [-0.1, -0.05) is 18.5 Å². The maximum Gasteiger partial charge on any atom is 0.0481 e. The zero-order valence-electron chi connectivity index (χ0n) is 10.5. The summed E-state index contributed by atoms with van der Waals surface area (Å²) in [5, 5.41) is 5.46. The van der Waals surface area contributed by atoms with Gasteiger partial charge in [-0.25, -0.2) is 0 Å². The standard InChI is InChI=1S/C14H19ClN2/c1-3-16-8-4-5-11-10-17(2)14-7-6-12(15)9-13(11)14/h6-7,9-10,16H,3-5,8H2,1-2H3. The number of nitrogens with one attached hydrogen (secondary N) is 1. The predicted molar refractivity (Wildman–Crippen MR) is 74.8 cm³/mol. The lowest BCUT2D eigenvalue weighted by molar-refractivity contribution is 0.673. The number of hydrogen-bond acceptors (Lipinski definition) is 1. The van der Waals surface area contributed by atoms with E-state index in [-0.39, 0.29) is 0 Å². The van der Waals surface area contributed by atoms with Gasteiger partial charge in [0.15, 0.2) is 0 Å². The normalized spacial score (nSPS) is 11.2. The number of aromatic nitrogens is 1. The molecule has 1 aromatic carbocycles. The molecule has 1 aromatic heterocycles. The van der Waals surface area contributed by atoms with Gasteiger partial charge in [-0.2, -0.15) is 0 Å². The molecule has 2 nitrogen and oxygen atoms in total. The number of hydrogen-bond donors (Lipinski definition) is 1. The van der Waals surface area contributed by atoms with Crippen LogP contribution < -0.4 is 5.32 Å². The van der Waals surface area contributed by atoms with Gasteiger partial charge in [-0.05, 0) is 49.7 Å². The average molecular weight is 251 g/mol. The van der Waals surface area contributed by atoms with Crippen LogP contribution in [0.15, 0.2) is 24.4 Å². The molecule has 0 amide bonds. The lowest BCUT2D eigenvalue weighted by Crippen LogP contribution is -2.14. The van der Waals surface area contributed by atoms with Crippen LogP contribution in [-0.2, 0) is 13.5 Å². The average Bonchev–Trinajstić information content (AvgIpc) is 2.61. The lowest BCUT2D eigenvalue weighted by atomic mass is 10.1. The van der Waals surface area contributed by atoms with Crippen molar-refractivity contribution in [2.24, 2.45) is 7.05 Å². The number of rotatable bonds is 5. The molecule has 0 saturated heterocycles. The molecule has 2 aromatic rings. The summed E-state index contributed by atoms with van der Waals surface area (Å²) >= 11 is 6.06. The molecular weight excluding hydrogens is 232 g/mol. The molecular formula is C14H19ClN2. The molecule has 0 spiro atoms. The van der Waals surface area contributed by atoms with Crippen molar-refractivity contribution in [3.8, 4) is 0 Å². The molecule has 0 unspecified atom stereocenters. The molecule has 3 heteroatoms. The van der Waals surface area contributed by atoms with Crippen LogP contribution in [0.3, 0.4) is 0 Å². The molecule has 1 N–H and O–H groups in total. The maximum absolute atomic E-state index is 6.06. The van der Waals surface area contributed by atoms with Crippen LogP contribution in [0.1, 0.15) is 18.9 Å². The van der Waals surface area contributed by atoms with Crippen LogP contribution in [0.25, 0.3) is 10.9 Å². The fraction of sp³-hybridized carbons (Fsp3) is 0.429. The predicted octanol–water partition coefficient (Wildman–Crippen LogP) is 3.37. The van der Waals surface area contributed by atoms with Crippen molar-refractivity contribution in [2.75, 3.05) is 13.1 Å². The largest absolute Gasteiger partial charge is 0.350 e. The van der Waals surface area contributed by atoms with Crippen molar-refractivity contribution >= 4 is 22.5 Å². The Labute approximate surface area is 108 Å². The second-order valence-electron chi connectivity index (χ2n) is 4.38. The first-order valence-electron chi connectivity index (χ1n) is 6.16. The highest BCUT2D eigenvalue weighted by Crippen LogP contribution is 2.25. The molecule has 0 atom stereocenters. The van der Waals surface area contributed by atoms with E-state index in [9.17, 15) is 0 Å². The van der Waals surface area contributed by atoms with E-state index in [2.05, 4.69) is 42.2 Å². The Morgan fingerprint density at radius 2 is 2.18 bits per heavy atom. The van der Waals surface area contributed by atoms with E-state index in [1.54, 1.807) is 0 Å². The van der Waals surface area contributed by atoms with Crippen LogP contribution >= 0.6 is 11.6 Å². The topological polar surface area (TPSA) is 17.0 Å². The van der Waals surface area contributed by atoms with Crippen LogP contribution in [0, 0.1) is 0 Å². The fourth-order valence-electron chi connectivity index (χ4n) is 2.23. The van der Waals surface area contributed by atoms with Crippen molar-refractivity contribution in [1.29, 1.82) is 0 Å². The van der Waals surface area contributed by atoms with Gasteiger partial charge in [0.1, 0.15) is 0 Å². The van der Waals surface area contributed by atoms with Crippen molar-refractivity contribution in [2.45, 2.75) is 19.8 Å². The monoisotopic (exact) mass is 250 g/mol. The minimum atomic E-state index is 0.816. The summed E-state index contributed by atoms with van der Waals surface area (Å²) in [6.45, 7) is 4.26. The first-order chi connectivity index (χ1) is 8.22. The Morgan fingerprint density at radius 1 is 1.35 bits per heavy atom. The molecule has 0 aliphatic heterocycles. The van der Waals surface area contributed by atoms with E-state index in [1.807, 2.05) is 6.07 Å². The van der Waals surface area contributed by atoms with E-state index in [1.165, 1.54) is 22.9 Å². The Bertz CT molecular complexity index is 502. The summed E-state index contributed by atoms with van der Waals surface area (Å²) in [7, 11) is 2.09. The Balaban J connectivity index is 2.19. The molecule has 0 radical (unpaired) electrons. The molecule has 0 fully saturated rings. The Hall–Kier alpha value is -0.990. The van der Waals surface area contributed by atoms with Gasteiger partial charge in [-0.15, -0.1) is 0 Å². The van der Waals surface area contributed by atoms with E-state index >= 15 is 0 Å². The third-order valence-electron chi connectivity index (χ3n) is 3.08. The second-order valence-corrected chi connectivity index (χ2v) is 4.82. The Morgan fingerprint density at radius 3 is 2.94 bits per heavy atom. The molecule has 92 valence electrons. The van der Waals surface area contributed by atoms with E-state index in [4.69, 9.17) is 11.6 Å². The fourth-order valence-corrected chi connectivity index (χ4v) is 2.40. The summed E-state index contributed by atoms with van der Waals surface area (Å²) < 4.78 is 2.17. The van der Waals surface area contributed by atoms with Crippen molar-refractivity contribution in [3.05, 3.63) is 35.0 Å². The van der Waals surface area contributed by atoms with Gasteiger partial charge in [0.2, 0.25) is 0 Å². The second kappa shape index (κ2) is 5.56. The first-order valence-corrected chi connectivity index (χ1v) is 6.54. The SMILES string of the molecule is CCNCCCc1cn(C)c2ccc(Cl)cc12. The van der Waals surface area contributed by atoms with Crippen molar-refractivity contribution in [3.63, 3.8) is 0 Å². The number of nitrogens with zero attached hydrogens (tertiary/aromatic N) is 1. The van der Waals surface area contributed by atoms with Crippen LogP contribution in [0.2, 0.25) is 5.02 Å². The highest BCUT2D eigenvalue weighted by Gasteiger charge is 2.06. The van der Waals surface area contributed by atoms with Crippen molar-refractivity contribution in [1.82, 2.24) is 9.88 Å². The van der Waals surface area contributed by atoms with Crippen LogP contribution in [0.5, 0.6) is 0 Å². The highest BCUT2D eigenvalue weighted by molar-refractivity contribution is 6.31. The number of aryl methyl sites for hydroxylation is 2. The number of fused-ring (bicyclic) bond motifs is 1. The summed E-state index contributed by atoms with van der Waals surface area (Å²) in [5.74, 6) is 0. The molecule has 0 bridgehead atoms. The zero-order chi connectivity index (χ0) is 12.3. The van der Waals surface area contributed by atoms with Crippen LogP contribution in [0.4, 0.5) is 0 Å². The molecule has 1 heterocycles. The van der Waals surface area contributed by atoms with Gasteiger partial charge in [0.05, 0.1) is 0 Å². The molecule has 0 aliphatic carbocycles. The Kier molecular flexibility index (Phi) is 4.08. The summed E-state index contributed by atoms with van der Waals surface area (Å²) in [4.78, 5) is 0. The summed E-state index contributed by atoms with van der Waals surface area (Å²) in [5.41, 5.74) is 2.65. The zero-order valence-corrected chi connectivity index (χ0v) is 11.2.